The highest BCUT2D eigenvalue weighted by Crippen LogP contribution is 2.35. The highest BCUT2D eigenvalue weighted by Gasteiger charge is 2.35. The molecule has 1 amide bonds. The molecule has 1 unspecified atom stereocenters. The number of nitrogens with one attached hydrogen (secondary N) is 1. The summed E-state index contributed by atoms with van der Waals surface area (Å²) in [6.07, 6.45) is 2.45. The van der Waals surface area contributed by atoms with Crippen LogP contribution in [0, 0.1) is 12.8 Å². The number of fused-ring (bicyclic) bond motifs is 3. The molecule has 1 aromatic carbocycles. The first-order valence-electron chi connectivity index (χ1n) is 8.55. The van der Waals surface area contributed by atoms with Gasteiger partial charge in [-0.25, -0.2) is 0 Å². The Morgan fingerprint density at radius 3 is 2.71 bits per heavy atom. The molecule has 3 nitrogen and oxygen atoms in total. The second-order valence-corrected chi connectivity index (χ2v) is 9.13. The van der Waals surface area contributed by atoms with Crippen molar-refractivity contribution in [2.75, 3.05) is 19.6 Å². The van der Waals surface area contributed by atoms with Gasteiger partial charge in [-0.3, -0.25) is 4.79 Å². The van der Waals surface area contributed by atoms with Gasteiger partial charge in [0.15, 0.2) is 0 Å². The minimum Gasteiger partial charge on any atom is -0.347 e. The van der Waals surface area contributed by atoms with E-state index in [1.165, 1.54) is 40.6 Å². The minimum absolute atomic E-state index is 0.0929. The van der Waals surface area contributed by atoms with Crippen LogP contribution in [0.5, 0.6) is 0 Å². The van der Waals surface area contributed by atoms with Crippen LogP contribution in [0.4, 0.5) is 0 Å². The number of piperidine rings is 3. The normalized spacial score (nSPS) is 25.6. The van der Waals surface area contributed by atoms with Crippen LogP contribution in [0.1, 0.15) is 28.1 Å². The van der Waals surface area contributed by atoms with Gasteiger partial charge < -0.3 is 10.2 Å². The van der Waals surface area contributed by atoms with Crippen LogP contribution in [0.2, 0.25) is 0 Å². The third-order valence-electron chi connectivity index (χ3n) is 5.08. The molecule has 5 heteroatoms. The van der Waals surface area contributed by atoms with Crippen molar-refractivity contribution in [3.8, 4) is 0 Å². The fourth-order valence-corrected chi connectivity index (χ4v) is 5.72. The molecule has 126 valence electrons. The molecule has 1 N–H and O–H groups in total. The Balaban J connectivity index is 1.41. The fraction of sp³-hybridized carbons (Fsp3) is 0.421. The number of thiophene rings is 1. The molecular formula is C19H22N2OS2. The van der Waals surface area contributed by atoms with Crippen LogP contribution in [-0.2, 0) is 0 Å². The molecule has 1 aromatic heterocycles. The zero-order valence-corrected chi connectivity index (χ0v) is 15.5. The third kappa shape index (κ3) is 3.39. The predicted molar refractivity (Wildman–Crippen MR) is 100 cm³/mol. The molecule has 5 rings (SSSR count). The van der Waals surface area contributed by atoms with E-state index < -0.39 is 0 Å². The number of carbonyl (C=O) groups excluding carboxylic acids is 1. The average molecular weight is 359 g/mol. The maximum absolute atomic E-state index is 12.6. The number of hydrogen-bond acceptors (Lipinski definition) is 4. The largest absolute Gasteiger partial charge is 0.347 e. The maximum atomic E-state index is 12.6. The number of aryl methyl sites for hydroxylation is 1. The van der Waals surface area contributed by atoms with Crippen molar-refractivity contribution < 1.29 is 4.79 Å². The molecule has 0 radical (unpaired) electrons. The highest BCUT2D eigenvalue weighted by molar-refractivity contribution is 8.01. The van der Waals surface area contributed by atoms with Crippen molar-refractivity contribution in [2.24, 2.45) is 5.92 Å². The van der Waals surface area contributed by atoms with Crippen molar-refractivity contribution in [1.29, 1.82) is 0 Å². The Morgan fingerprint density at radius 1 is 1.21 bits per heavy atom. The van der Waals surface area contributed by atoms with Gasteiger partial charge in [-0.05, 0) is 62.5 Å². The smallest absolute Gasteiger partial charge is 0.261 e. The van der Waals surface area contributed by atoms with Gasteiger partial charge in [-0.2, -0.15) is 0 Å². The van der Waals surface area contributed by atoms with Gasteiger partial charge in [0.2, 0.25) is 0 Å². The number of amides is 1. The Morgan fingerprint density at radius 2 is 2.00 bits per heavy atom. The summed E-state index contributed by atoms with van der Waals surface area (Å²) in [7, 11) is 0. The van der Waals surface area contributed by atoms with E-state index in [0.717, 1.165) is 11.4 Å². The summed E-state index contributed by atoms with van der Waals surface area (Å²) < 4.78 is 1.17. The zero-order valence-electron chi connectivity index (χ0n) is 13.8. The summed E-state index contributed by atoms with van der Waals surface area (Å²) in [5.41, 5.74) is 1.27. The van der Waals surface area contributed by atoms with Gasteiger partial charge >= 0.3 is 0 Å². The van der Waals surface area contributed by atoms with Gasteiger partial charge in [0.25, 0.3) is 5.91 Å². The lowest BCUT2D eigenvalue weighted by atomic mass is 9.84. The number of hydrogen-bond donors (Lipinski definition) is 1. The topological polar surface area (TPSA) is 32.3 Å². The van der Waals surface area contributed by atoms with Gasteiger partial charge in [-0.1, -0.05) is 30.0 Å². The molecule has 2 aromatic rings. The van der Waals surface area contributed by atoms with Gasteiger partial charge in [-0.15, -0.1) is 11.3 Å². The Bertz CT molecular complexity index is 734. The lowest BCUT2D eigenvalue weighted by molar-refractivity contribution is 0.0622. The van der Waals surface area contributed by atoms with Crippen molar-refractivity contribution in [2.45, 2.75) is 34.9 Å². The molecule has 3 aliphatic heterocycles. The van der Waals surface area contributed by atoms with Gasteiger partial charge in [0.05, 0.1) is 9.09 Å². The molecule has 3 aliphatic rings. The predicted octanol–water partition coefficient (Wildman–Crippen LogP) is 4.03. The summed E-state index contributed by atoms with van der Waals surface area (Å²) in [5.74, 6) is 0.759. The molecule has 24 heavy (non-hydrogen) atoms. The van der Waals surface area contributed by atoms with E-state index in [1.54, 1.807) is 23.1 Å². The Kier molecular flexibility index (Phi) is 4.66. The average Bonchev–Trinajstić information content (AvgIpc) is 3.07. The molecule has 0 spiro atoms. The van der Waals surface area contributed by atoms with Crippen LogP contribution in [0.15, 0.2) is 45.5 Å². The number of benzene rings is 1. The monoisotopic (exact) mass is 358 g/mol. The molecular weight excluding hydrogens is 336 g/mol. The lowest BCUT2D eigenvalue weighted by Crippen LogP contribution is -2.57. The van der Waals surface area contributed by atoms with Crippen LogP contribution >= 0.6 is 23.1 Å². The van der Waals surface area contributed by atoms with Crippen molar-refractivity contribution in [1.82, 2.24) is 10.2 Å². The van der Waals surface area contributed by atoms with E-state index in [0.29, 0.717) is 12.0 Å². The molecule has 2 bridgehead atoms. The molecule has 4 heterocycles. The summed E-state index contributed by atoms with van der Waals surface area (Å²) in [6.45, 7) is 5.55. The van der Waals surface area contributed by atoms with Crippen LogP contribution in [0.3, 0.4) is 0 Å². The van der Waals surface area contributed by atoms with E-state index in [9.17, 15) is 4.79 Å². The minimum atomic E-state index is 0.0929. The van der Waals surface area contributed by atoms with Crippen LogP contribution < -0.4 is 5.32 Å². The summed E-state index contributed by atoms with van der Waals surface area (Å²) in [4.78, 5) is 17.1. The zero-order chi connectivity index (χ0) is 16.5. The third-order valence-corrected chi connectivity index (χ3v) is 7.48. The standard InChI is InChI=1S/C19H22N2OS2/c1-13-4-2-3-5-16(13)23-18-7-6-17(24-18)19(22)20-15-12-21-10-8-14(15)9-11-21/h2-7,14-15H,8-12H2,1H3,(H,20,22). The molecule has 0 aliphatic carbocycles. The first-order chi connectivity index (χ1) is 11.7. The van der Waals surface area contributed by atoms with E-state index in [-0.39, 0.29) is 5.91 Å². The number of rotatable bonds is 4. The number of carbonyl (C=O) groups is 1. The number of nitrogens with zero attached hydrogens (tertiary/aromatic N) is 1. The Labute approximate surface area is 151 Å². The van der Waals surface area contributed by atoms with E-state index in [1.807, 2.05) is 6.07 Å². The molecule has 0 saturated carbocycles. The maximum Gasteiger partial charge on any atom is 0.261 e. The van der Waals surface area contributed by atoms with Gasteiger partial charge in [0.1, 0.15) is 0 Å². The van der Waals surface area contributed by atoms with E-state index in [4.69, 9.17) is 0 Å². The van der Waals surface area contributed by atoms with Crippen molar-refractivity contribution >= 4 is 29.0 Å². The van der Waals surface area contributed by atoms with Crippen molar-refractivity contribution in [3.63, 3.8) is 0 Å². The summed E-state index contributed by atoms with van der Waals surface area (Å²) in [5, 5.41) is 3.28. The molecule has 3 fully saturated rings. The SMILES string of the molecule is Cc1ccccc1Sc1ccc(C(=O)NC2CN3CCC2CC3)s1. The van der Waals surface area contributed by atoms with Crippen LogP contribution in [0.25, 0.3) is 0 Å². The summed E-state index contributed by atoms with van der Waals surface area (Å²) >= 11 is 3.33. The second-order valence-electron chi connectivity index (χ2n) is 6.70. The van der Waals surface area contributed by atoms with E-state index in [2.05, 4.69) is 47.5 Å². The first kappa shape index (κ1) is 16.2. The summed E-state index contributed by atoms with van der Waals surface area (Å²) in [6, 6.07) is 12.7. The van der Waals surface area contributed by atoms with E-state index >= 15 is 0 Å². The second kappa shape index (κ2) is 6.90. The highest BCUT2D eigenvalue weighted by atomic mass is 32.2. The van der Waals surface area contributed by atoms with Gasteiger partial charge in [0, 0.05) is 17.5 Å². The fourth-order valence-electron chi connectivity index (χ4n) is 3.64. The van der Waals surface area contributed by atoms with Crippen LogP contribution in [-0.4, -0.2) is 36.5 Å². The first-order valence-corrected chi connectivity index (χ1v) is 10.2. The Hall–Kier alpha value is -1.30. The van der Waals surface area contributed by atoms with Crippen molar-refractivity contribution in [3.05, 3.63) is 46.8 Å². The molecule has 3 saturated heterocycles. The molecule has 1 atom stereocenters. The quantitative estimate of drug-likeness (QED) is 0.895. The lowest BCUT2D eigenvalue weighted by Gasteiger charge is -2.44.